The fourth-order valence-corrected chi connectivity index (χ4v) is 3.66. The summed E-state index contributed by atoms with van der Waals surface area (Å²) in [6.45, 7) is 7.30. The van der Waals surface area contributed by atoms with E-state index in [1.165, 1.54) is 18.2 Å². The van der Waals surface area contributed by atoms with E-state index in [9.17, 15) is 14.0 Å². The summed E-state index contributed by atoms with van der Waals surface area (Å²) >= 11 is 5.74. The van der Waals surface area contributed by atoms with E-state index in [1.807, 2.05) is 36.9 Å². The van der Waals surface area contributed by atoms with Gasteiger partial charge in [0, 0.05) is 37.6 Å². The molecule has 6 nitrogen and oxygen atoms in total. The zero-order valence-electron chi connectivity index (χ0n) is 17.2. The number of halogens is 2. The third kappa shape index (κ3) is 6.01. The minimum Gasteiger partial charge on any atom is -0.325 e. The van der Waals surface area contributed by atoms with Crippen molar-refractivity contribution in [1.29, 1.82) is 0 Å². The van der Waals surface area contributed by atoms with E-state index in [2.05, 4.69) is 15.5 Å². The van der Waals surface area contributed by atoms with Crippen LogP contribution in [0.25, 0.3) is 0 Å². The van der Waals surface area contributed by atoms with Gasteiger partial charge in [0.1, 0.15) is 5.82 Å². The van der Waals surface area contributed by atoms with Crippen LogP contribution in [0.3, 0.4) is 0 Å². The molecule has 8 heteroatoms. The first-order chi connectivity index (χ1) is 14.3. The molecular weight excluding hydrogens is 407 g/mol. The number of carbonyl (C=O) groups excluding carboxylic acids is 2. The van der Waals surface area contributed by atoms with Gasteiger partial charge in [0.2, 0.25) is 11.8 Å². The molecule has 0 bridgehead atoms. The number of hydrogen-bond acceptors (Lipinski definition) is 4. The van der Waals surface area contributed by atoms with Crippen LogP contribution in [0.2, 0.25) is 5.02 Å². The summed E-state index contributed by atoms with van der Waals surface area (Å²) in [5, 5.41) is 5.71. The lowest BCUT2D eigenvalue weighted by atomic mass is 10.1. The van der Waals surface area contributed by atoms with Gasteiger partial charge in [-0.25, -0.2) is 4.39 Å². The molecular formula is C22H26ClFN4O2. The van der Waals surface area contributed by atoms with Crippen LogP contribution in [0.15, 0.2) is 36.4 Å². The van der Waals surface area contributed by atoms with Crippen LogP contribution in [0, 0.1) is 19.7 Å². The van der Waals surface area contributed by atoms with Gasteiger partial charge in [-0.15, -0.1) is 0 Å². The summed E-state index contributed by atoms with van der Waals surface area (Å²) < 4.78 is 13.2. The maximum Gasteiger partial charge on any atom is 0.238 e. The Kier molecular flexibility index (Phi) is 7.42. The summed E-state index contributed by atoms with van der Waals surface area (Å²) in [5.41, 5.74) is 3.43. The van der Waals surface area contributed by atoms with Crippen molar-refractivity contribution in [2.24, 2.45) is 0 Å². The molecule has 3 rings (SSSR count). The zero-order valence-corrected chi connectivity index (χ0v) is 17.9. The fraction of sp³-hybridized carbons (Fsp3) is 0.364. The van der Waals surface area contributed by atoms with Gasteiger partial charge in [-0.3, -0.25) is 19.4 Å². The number of aryl methyl sites for hydroxylation is 2. The minimum atomic E-state index is -0.521. The summed E-state index contributed by atoms with van der Waals surface area (Å²) in [6.07, 6.45) is 0. The molecule has 0 aromatic heterocycles. The molecule has 0 saturated carbocycles. The molecule has 0 atom stereocenters. The molecule has 30 heavy (non-hydrogen) atoms. The SMILES string of the molecule is Cc1cccc(C)c1NC(=O)CN1CCN(CC(=O)Nc2ccc(F)c(Cl)c2)CC1. The van der Waals surface area contributed by atoms with E-state index in [0.717, 1.165) is 16.8 Å². The van der Waals surface area contributed by atoms with Crippen LogP contribution in [0.5, 0.6) is 0 Å². The van der Waals surface area contributed by atoms with E-state index in [-0.39, 0.29) is 23.4 Å². The molecule has 1 heterocycles. The topological polar surface area (TPSA) is 64.7 Å². The Morgan fingerprint density at radius 2 is 1.47 bits per heavy atom. The second kappa shape index (κ2) is 10.0. The first kappa shape index (κ1) is 22.2. The molecule has 2 amide bonds. The highest BCUT2D eigenvalue weighted by Gasteiger charge is 2.21. The Hall–Kier alpha value is -2.48. The number of amides is 2. The Balaban J connectivity index is 1.42. The second-order valence-electron chi connectivity index (χ2n) is 7.54. The van der Waals surface area contributed by atoms with Gasteiger partial charge in [-0.2, -0.15) is 0 Å². The second-order valence-corrected chi connectivity index (χ2v) is 7.95. The quantitative estimate of drug-likeness (QED) is 0.735. The van der Waals surface area contributed by atoms with Gasteiger partial charge >= 0.3 is 0 Å². The number of nitrogens with one attached hydrogen (secondary N) is 2. The van der Waals surface area contributed by atoms with E-state index >= 15 is 0 Å². The van der Waals surface area contributed by atoms with Gasteiger partial charge in [0.05, 0.1) is 18.1 Å². The maximum atomic E-state index is 13.2. The Morgan fingerprint density at radius 3 is 2.00 bits per heavy atom. The largest absolute Gasteiger partial charge is 0.325 e. The molecule has 0 aliphatic carbocycles. The summed E-state index contributed by atoms with van der Waals surface area (Å²) in [4.78, 5) is 28.8. The van der Waals surface area contributed by atoms with Crippen molar-refractivity contribution in [2.75, 3.05) is 49.9 Å². The van der Waals surface area contributed by atoms with E-state index in [0.29, 0.717) is 38.4 Å². The van der Waals surface area contributed by atoms with Gasteiger partial charge < -0.3 is 10.6 Å². The van der Waals surface area contributed by atoms with Crippen LogP contribution in [0.4, 0.5) is 15.8 Å². The average Bonchev–Trinajstić information content (AvgIpc) is 2.69. The zero-order chi connectivity index (χ0) is 21.7. The number of benzene rings is 2. The lowest BCUT2D eigenvalue weighted by Gasteiger charge is -2.33. The van der Waals surface area contributed by atoms with E-state index < -0.39 is 5.82 Å². The highest BCUT2D eigenvalue weighted by atomic mass is 35.5. The van der Waals surface area contributed by atoms with Crippen molar-refractivity contribution in [3.8, 4) is 0 Å². The molecule has 160 valence electrons. The molecule has 1 saturated heterocycles. The van der Waals surface area contributed by atoms with Crippen molar-refractivity contribution in [3.63, 3.8) is 0 Å². The number of piperazine rings is 1. The van der Waals surface area contributed by atoms with Gasteiger partial charge in [-0.1, -0.05) is 29.8 Å². The minimum absolute atomic E-state index is 0.0272. The predicted molar refractivity (Wildman–Crippen MR) is 117 cm³/mol. The van der Waals surface area contributed by atoms with Crippen molar-refractivity contribution in [3.05, 3.63) is 58.4 Å². The third-order valence-corrected chi connectivity index (χ3v) is 5.44. The summed E-state index contributed by atoms with van der Waals surface area (Å²) in [6, 6.07) is 10.0. The number of rotatable bonds is 6. The standard InChI is InChI=1S/C22H26ClFN4O2/c1-15-4-3-5-16(2)22(15)26-21(30)14-28-10-8-27(9-11-28)13-20(29)25-17-6-7-19(24)18(23)12-17/h3-7,12H,8-11,13-14H2,1-2H3,(H,25,29)(H,26,30). The van der Waals surface area contributed by atoms with Crippen molar-refractivity contribution in [1.82, 2.24) is 9.80 Å². The fourth-order valence-electron chi connectivity index (χ4n) is 3.48. The van der Waals surface area contributed by atoms with Gasteiger partial charge in [0.25, 0.3) is 0 Å². The van der Waals surface area contributed by atoms with Crippen LogP contribution < -0.4 is 10.6 Å². The van der Waals surface area contributed by atoms with Gasteiger partial charge in [0.15, 0.2) is 0 Å². The average molecular weight is 433 g/mol. The van der Waals surface area contributed by atoms with Crippen LogP contribution in [-0.2, 0) is 9.59 Å². The van der Waals surface area contributed by atoms with E-state index in [4.69, 9.17) is 11.6 Å². The molecule has 0 spiro atoms. The number of hydrogen-bond donors (Lipinski definition) is 2. The lowest BCUT2D eigenvalue weighted by Crippen LogP contribution is -2.50. The molecule has 1 aliphatic heterocycles. The summed E-state index contributed by atoms with van der Waals surface area (Å²) in [7, 11) is 0. The molecule has 1 aliphatic rings. The Morgan fingerprint density at radius 1 is 0.933 bits per heavy atom. The van der Waals surface area contributed by atoms with Crippen LogP contribution >= 0.6 is 11.6 Å². The number of para-hydroxylation sites is 1. The first-order valence-corrected chi connectivity index (χ1v) is 10.3. The number of carbonyl (C=O) groups is 2. The maximum absolute atomic E-state index is 13.2. The Labute approximate surface area is 181 Å². The number of anilines is 2. The van der Waals surface area contributed by atoms with Crippen molar-refractivity contribution >= 4 is 34.8 Å². The monoisotopic (exact) mass is 432 g/mol. The molecule has 2 N–H and O–H groups in total. The predicted octanol–water partition coefficient (Wildman–Crippen LogP) is 3.29. The number of nitrogens with zero attached hydrogens (tertiary/aromatic N) is 2. The smallest absolute Gasteiger partial charge is 0.238 e. The van der Waals surface area contributed by atoms with Crippen LogP contribution in [-0.4, -0.2) is 60.9 Å². The summed E-state index contributed by atoms with van der Waals surface area (Å²) in [5.74, 6) is -0.738. The highest BCUT2D eigenvalue weighted by Crippen LogP contribution is 2.20. The van der Waals surface area contributed by atoms with Crippen molar-refractivity contribution < 1.29 is 14.0 Å². The molecule has 1 fully saturated rings. The van der Waals surface area contributed by atoms with Crippen LogP contribution in [0.1, 0.15) is 11.1 Å². The van der Waals surface area contributed by atoms with Crippen molar-refractivity contribution in [2.45, 2.75) is 13.8 Å². The molecule has 0 unspecified atom stereocenters. The lowest BCUT2D eigenvalue weighted by molar-refractivity contribution is -0.120. The molecule has 2 aromatic rings. The normalized spacial score (nSPS) is 15.1. The van der Waals surface area contributed by atoms with E-state index in [1.54, 1.807) is 0 Å². The Bertz CT molecular complexity index is 909. The highest BCUT2D eigenvalue weighted by molar-refractivity contribution is 6.31. The molecule has 0 radical (unpaired) electrons. The van der Waals surface area contributed by atoms with Gasteiger partial charge in [-0.05, 0) is 43.2 Å². The first-order valence-electron chi connectivity index (χ1n) is 9.87. The third-order valence-electron chi connectivity index (χ3n) is 5.15. The molecule has 2 aromatic carbocycles.